The summed E-state index contributed by atoms with van der Waals surface area (Å²) in [7, 11) is 0. The molecular weight excluding hydrogens is 289 g/mol. The van der Waals surface area contributed by atoms with E-state index in [4.69, 9.17) is 11.6 Å². The number of nitrogens with one attached hydrogen (secondary N) is 1. The summed E-state index contributed by atoms with van der Waals surface area (Å²) in [4.78, 5) is 15.4. The maximum atomic E-state index is 12.2. The van der Waals surface area contributed by atoms with Gasteiger partial charge >= 0.3 is 0 Å². The molecule has 0 saturated heterocycles. The van der Waals surface area contributed by atoms with Crippen molar-refractivity contribution < 1.29 is 0 Å². The average Bonchev–Trinajstić information content (AvgIpc) is 2.24. The molecule has 0 aliphatic heterocycles. The molecule has 2 nitrogen and oxygen atoms in total. The third-order valence-corrected chi connectivity index (χ3v) is 3.70. The predicted molar refractivity (Wildman–Crippen MR) is 71.4 cm³/mol. The number of aromatic amines is 1. The third-order valence-electron chi connectivity index (χ3n) is 2.72. The smallest absolute Gasteiger partial charge is 0.194 e. The van der Waals surface area contributed by atoms with Crippen LogP contribution in [0.1, 0.15) is 18.2 Å². The average molecular weight is 301 g/mol. The summed E-state index contributed by atoms with van der Waals surface area (Å²) >= 11 is 9.47. The Balaban J connectivity index is 3.05. The molecule has 0 unspecified atom stereocenters. The van der Waals surface area contributed by atoms with Gasteiger partial charge in [-0.25, -0.2) is 0 Å². The number of H-pyrrole nitrogens is 1. The van der Waals surface area contributed by atoms with Gasteiger partial charge in [0.1, 0.15) is 0 Å². The molecule has 2 aromatic rings. The van der Waals surface area contributed by atoms with E-state index < -0.39 is 0 Å². The van der Waals surface area contributed by atoms with Gasteiger partial charge in [0.05, 0.1) is 15.9 Å². The van der Waals surface area contributed by atoms with Gasteiger partial charge in [-0.2, -0.15) is 0 Å². The molecular formula is C12H11BrClNO. The van der Waals surface area contributed by atoms with Crippen LogP contribution >= 0.6 is 27.5 Å². The SMILES string of the molecule is CCc1c(C)[nH]c2c(Cl)ccc(Br)c2c1=O. The zero-order valence-corrected chi connectivity index (χ0v) is 11.4. The Hall–Kier alpha value is -0.800. The van der Waals surface area contributed by atoms with Crippen LogP contribution in [0.2, 0.25) is 5.02 Å². The first-order valence-electron chi connectivity index (χ1n) is 5.05. The van der Waals surface area contributed by atoms with Gasteiger partial charge in [-0.15, -0.1) is 0 Å². The van der Waals surface area contributed by atoms with Crippen LogP contribution in [0.3, 0.4) is 0 Å². The van der Waals surface area contributed by atoms with Crippen LogP contribution in [0.15, 0.2) is 21.4 Å². The van der Waals surface area contributed by atoms with Crippen LogP contribution in [0.5, 0.6) is 0 Å². The molecule has 4 heteroatoms. The Morgan fingerprint density at radius 1 is 1.44 bits per heavy atom. The molecule has 84 valence electrons. The molecule has 0 radical (unpaired) electrons. The fraction of sp³-hybridized carbons (Fsp3) is 0.250. The number of pyridine rings is 1. The monoisotopic (exact) mass is 299 g/mol. The maximum absolute atomic E-state index is 12.2. The molecule has 1 aromatic carbocycles. The van der Waals surface area contributed by atoms with Gasteiger partial charge in [0, 0.05) is 15.7 Å². The Labute approximate surface area is 107 Å². The van der Waals surface area contributed by atoms with Crippen LogP contribution < -0.4 is 5.43 Å². The van der Waals surface area contributed by atoms with E-state index in [0.29, 0.717) is 15.9 Å². The molecule has 0 atom stereocenters. The van der Waals surface area contributed by atoms with Crippen molar-refractivity contribution in [2.24, 2.45) is 0 Å². The highest BCUT2D eigenvalue weighted by Gasteiger charge is 2.12. The Kier molecular flexibility index (Phi) is 3.08. The molecule has 0 aliphatic rings. The van der Waals surface area contributed by atoms with Crippen molar-refractivity contribution >= 4 is 38.4 Å². The van der Waals surface area contributed by atoms with Crippen molar-refractivity contribution in [3.8, 4) is 0 Å². The molecule has 0 spiro atoms. The highest BCUT2D eigenvalue weighted by atomic mass is 79.9. The lowest BCUT2D eigenvalue weighted by molar-refractivity contribution is 1.05. The summed E-state index contributed by atoms with van der Waals surface area (Å²) in [6.45, 7) is 3.87. The van der Waals surface area contributed by atoms with E-state index in [9.17, 15) is 4.79 Å². The largest absolute Gasteiger partial charge is 0.357 e. The van der Waals surface area contributed by atoms with Gasteiger partial charge in [0.2, 0.25) is 0 Å². The number of benzene rings is 1. The van der Waals surface area contributed by atoms with E-state index in [1.54, 1.807) is 12.1 Å². The number of aromatic nitrogens is 1. The molecule has 0 amide bonds. The summed E-state index contributed by atoms with van der Waals surface area (Å²) in [5, 5.41) is 1.20. The zero-order chi connectivity index (χ0) is 11.9. The van der Waals surface area contributed by atoms with Crippen molar-refractivity contribution in [1.29, 1.82) is 0 Å². The molecule has 0 bridgehead atoms. The highest BCUT2D eigenvalue weighted by Crippen LogP contribution is 2.27. The van der Waals surface area contributed by atoms with Gasteiger partial charge < -0.3 is 4.98 Å². The van der Waals surface area contributed by atoms with E-state index in [1.165, 1.54) is 0 Å². The van der Waals surface area contributed by atoms with Gasteiger partial charge in [0.15, 0.2) is 5.43 Å². The highest BCUT2D eigenvalue weighted by molar-refractivity contribution is 9.10. The second-order valence-electron chi connectivity index (χ2n) is 3.69. The summed E-state index contributed by atoms with van der Waals surface area (Å²) in [6, 6.07) is 3.57. The summed E-state index contributed by atoms with van der Waals surface area (Å²) < 4.78 is 0.780. The van der Waals surface area contributed by atoms with Gasteiger partial charge in [-0.05, 0) is 41.4 Å². The molecule has 0 saturated carbocycles. The standard InChI is InChI=1S/C12H11BrClNO/c1-3-7-6(2)15-11-9(14)5-4-8(13)10(11)12(7)16/h4-5H,3H2,1-2H3,(H,15,16). The van der Waals surface area contributed by atoms with E-state index >= 15 is 0 Å². The molecule has 1 aromatic heterocycles. The summed E-state index contributed by atoms with van der Waals surface area (Å²) in [6.07, 6.45) is 0.718. The lowest BCUT2D eigenvalue weighted by atomic mass is 10.1. The van der Waals surface area contributed by atoms with Gasteiger partial charge in [0.25, 0.3) is 0 Å². The first-order valence-corrected chi connectivity index (χ1v) is 6.22. The molecule has 0 aliphatic carbocycles. The maximum Gasteiger partial charge on any atom is 0.194 e. The molecule has 1 N–H and O–H groups in total. The third kappa shape index (κ3) is 1.68. The zero-order valence-electron chi connectivity index (χ0n) is 9.03. The quantitative estimate of drug-likeness (QED) is 0.853. The lowest BCUT2D eigenvalue weighted by Gasteiger charge is -2.08. The Bertz CT molecular complexity index is 618. The number of rotatable bonds is 1. The number of fused-ring (bicyclic) bond motifs is 1. The minimum Gasteiger partial charge on any atom is -0.357 e. The van der Waals surface area contributed by atoms with Gasteiger partial charge in [-0.3, -0.25) is 4.79 Å². The lowest BCUT2D eigenvalue weighted by Crippen LogP contribution is -2.13. The van der Waals surface area contributed by atoms with Crippen molar-refractivity contribution in [2.45, 2.75) is 20.3 Å². The molecule has 1 heterocycles. The first kappa shape index (κ1) is 11.7. The van der Waals surface area contributed by atoms with Gasteiger partial charge in [-0.1, -0.05) is 18.5 Å². The fourth-order valence-corrected chi connectivity index (χ4v) is 2.62. The van der Waals surface area contributed by atoms with E-state index in [1.807, 2.05) is 13.8 Å². The van der Waals surface area contributed by atoms with E-state index in [0.717, 1.165) is 22.2 Å². The van der Waals surface area contributed by atoms with E-state index in [2.05, 4.69) is 20.9 Å². The number of halogens is 2. The van der Waals surface area contributed by atoms with Crippen LogP contribution in [0.4, 0.5) is 0 Å². The topological polar surface area (TPSA) is 32.9 Å². The number of hydrogen-bond acceptors (Lipinski definition) is 1. The number of aryl methyl sites for hydroxylation is 1. The minimum atomic E-state index is 0.0584. The second-order valence-corrected chi connectivity index (χ2v) is 4.95. The van der Waals surface area contributed by atoms with Crippen LogP contribution in [-0.2, 0) is 6.42 Å². The number of hydrogen-bond donors (Lipinski definition) is 1. The van der Waals surface area contributed by atoms with Crippen molar-refractivity contribution in [1.82, 2.24) is 4.98 Å². The molecule has 2 rings (SSSR count). The van der Waals surface area contributed by atoms with Crippen molar-refractivity contribution in [2.75, 3.05) is 0 Å². The summed E-state index contributed by atoms with van der Waals surface area (Å²) in [5.41, 5.74) is 2.47. The van der Waals surface area contributed by atoms with E-state index in [-0.39, 0.29) is 5.43 Å². The Morgan fingerprint density at radius 3 is 2.75 bits per heavy atom. The van der Waals surface area contributed by atoms with Crippen LogP contribution in [-0.4, -0.2) is 4.98 Å². The Morgan fingerprint density at radius 2 is 2.12 bits per heavy atom. The van der Waals surface area contributed by atoms with Crippen LogP contribution in [0.25, 0.3) is 10.9 Å². The molecule has 16 heavy (non-hydrogen) atoms. The second kappa shape index (κ2) is 4.22. The van der Waals surface area contributed by atoms with Crippen molar-refractivity contribution in [3.05, 3.63) is 43.1 Å². The summed E-state index contributed by atoms with van der Waals surface area (Å²) in [5.74, 6) is 0. The fourth-order valence-electron chi connectivity index (χ4n) is 1.91. The first-order chi connectivity index (χ1) is 7.56. The van der Waals surface area contributed by atoms with Crippen molar-refractivity contribution in [3.63, 3.8) is 0 Å². The predicted octanol–water partition coefficient (Wildman–Crippen LogP) is 3.81. The molecule has 0 fully saturated rings. The normalized spacial score (nSPS) is 11.0. The minimum absolute atomic E-state index is 0.0584. The van der Waals surface area contributed by atoms with Crippen LogP contribution in [0, 0.1) is 6.92 Å².